The molecule has 2 heteroatoms. The van der Waals surface area contributed by atoms with Crippen molar-refractivity contribution in [2.45, 2.75) is 65.2 Å². The fourth-order valence-corrected chi connectivity index (χ4v) is 1.54. The molecule has 18 heavy (non-hydrogen) atoms. The van der Waals surface area contributed by atoms with Crippen LogP contribution >= 0.6 is 0 Å². The lowest BCUT2D eigenvalue weighted by atomic mass is 10.1. The van der Waals surface area contributed by atoms with Crippen LogP contribution < -0.4 is 0 Å². The number of rotatable bonds is 11. The first-order valence-corrected chi connectivity index (χ1v) is 7.31. The van der Waals surface area contributed by atoms with E-state index in [1.807, 2.05) is 6.08 Å². The Hall–Kier alpha value is -1.05. The summed E-state index contributed by atoms with van der Waals surface area (Å²) in [4.78, 5) is 11.2. The molecule has 0 saturated heterocycles. The van der Waals surface area contributed by atoms with Crippen LogP contribution in [-0.2, 0) is 9.53 Å². The zero-order valence-corrected chi connectivity index (χ0v) is 12.0. The molecule has 2 nitrogen and oxygen atoms in total. The molecule has 0 atom stereocenters. The number of allylic oxidation sites excluding steroid dienone is 3. The molecule has 0 aliphatic rings. The fourth-order valence-electron chi connectivity index (χ4n) is 1.54. The molecule has 0 aliphatic carbocycles. The van der Waals surface area contributed by atoms with Crippen LogP contribution in [0.2, 0.25) is 0 Å². The van der Waals surface area contributed by atoms with Gasteiger partial charge in [-0.15, -0.1) is 0 Å². The van der Waals surface area contributed by atoms with Crippen LogP contribution in [0.4, 0.5) is 0 Å². The third-order valence-electron chi connectivity index (χ3n) is 2.70. The summed E-state index contributed by atoms with van der Waals surface area (Å²) in [6.07, 6.45) is 16.9. The minimum absolute atomic E-state index is 0.240. The summed E-state index contributed by atoms with van der Waals surface area (Å²) in [6, 6.07) is 0. The maximum atomic E-state index is 11.2. The maximum Gasteiger partial charge on any atom is 0.330 e. The average molecular weight is 252 g/mol. The van der Waals surface area contributed by atoms with Crippen LogP contribution in [0, 0.1) is 0 Å². The Morgan fingerprint density at radius 1 is 0.944 bits per heavy atom. The van der Waals surface area contributed by atoms with Crippen molar-refractivity contribution in [2.75, 3.05) is 6.61 Å². The van der Waals surface area contributed by atoms with Crippen molar-refractivity contribution >= 4 is 5.97 Å². The van der Waals surface area contributed by atoms with Crippen LogP contribution in [0.5, 0.6) is 0 Å². The van der Waals surface area contributed by atoms with Crippen molar-refractivity contribution in [1.82, 2.24) is 0 Å². The summed E-state index contributed by atoms with van der Waals surface area (Å²) in [7, 11) is 0. The van der Waals surface area contributed by atoms with Gasteiger partial charge in [0.05, 0.1) is 6.61 Å². The number of ether oxygens (including phenoxy) is 1. The van der Waals surface area contributed by atoms with E-state index in [0.717, 1.165) is 19.3 Å². The average Bonchev–Trinajstić information content (AvgIpc) is 2.37. The highest BCUT2D eigenvalue weighted by atomic mass is 16.5. The molecule has 0 spiro atoms. The van der Waals surface area contributed by atoms with E-state index in [1.165, 1.54) is 38.2 Å². The van der Waals surface area contributed by atoms with E-state index in [-0.39, 0.29) is 5.97 Å². The second kappa shape index (κ2) is 14.0. The summed E-state index contributed by atoms with van der Waals surface area (Å²) in [5, 5.41) is 0. The molecule has 104 valence electrons. The van der Waals surface area contributed by atoms with Crippen LogP contribution in [0.25, 0.3) is 0 Å². The molecule has 0 radical (unpaired) electrons. The third kappa shape index (κ3) is 13.0. The number of carbonyl (C=O) groups excluding carboxylic acids is 1. The number of hydrogen-bond acceptors (Lipinski definition) is 2. The van der Waals surface area contributed by atoms with Crippen molar-refractivity contribution in [3.63, 3.8) is 0 Å². The lowest BCUT2D eigenvalue weighted by Crippen LogP contribution is -2.01. The van der Waals surface area contributed by atoms with Gasteiger partial charge in [-0.3, -0.25) is 0 Å². The first-order valence-electron chi connectivity index (χ1n) is 7.31. The van der Waals surface area contributed by atoms with Gasteiger partial charge in [-0.05, 0) is 19.3 Å². The Bertz CT molecular complexity index is 241. The molecule has 0 aliphatic heterocycles. The summed E-state index contributed by atoms with van der Waals surface area (Å²) in [5.41, 5.74) is 0. The lowest BCUT2D eigenvalue weighted by Gasteiger charge is -1.98. The molecule has 0 heterocycles. The van der Waals surface area contributed by atoms with E-state index in [1.54, 1.807) is 6.08 Å². The SMILES string of the molecule is CCCCCCC/C=C/C=C/C(=O)OCCCC. The second-order valence-electron chi connectivity index (χ2n) is 4.51. The minimum atomic E-state index is -0.240. The Labute approximate surface area is 112 Å². The summed E-state index contributed by atoms with van der Waals surface area (Å²) in [6.45, 7) is 4.83. The van der Waals surface area contributed by atoms with Gasteiger partial charge < -0.3 is 4.74 Å². The van der Waals surface area contributed by atoms with Gasteiger partial charge in [-0.2, -0.15) is 0 Å². The summed E-state index contributed by atoms with van der Waals surface area (Å²) < 4.78 is 4.99. The number of carbonyl (C=O) groups is 1. The van der Waals surface area contributed by atoms with Crippen LogP contribution in [0.15, 0.2) is 24.3 Å². The van der Waals surface area contributed by atoms with Crippen molar-refractivity contribution in [3.8, 4) is 0 Å². The number of hydrogen-bond donors (Lipinski definition) is 0. The topological polar surface area (TPSA) is 26.3 Å². The Morgan fingerprint density at radius 2 is 1.67 bits per heavy atom. The van der Waals surface area contributed by atoms with Crippen molar-refractivity contribution in [2.24, 2.45) is 0 Å². The first kappa shape index (κ1) is 16.9. The fraction of sp³-hybridized carbons (Fsp3) is 0.688. The summed E-state index contributed by atoms with van der Waals surface area (Å²) >= 11 is 0. The highest BCUT2D eigenvalue weighted by Crippen LogP contribution is 2.05. The van der Waals surface area contributed by atoms with E-state index in [9.17, 15) is 4.79 Å². The van der Waals surface area contributed by atoms with E-state index in [2.05, 4.69) is 19.9 Å². The number of esters is 1. The molecule has 0 N–H and O–H groups in total. The van der Waals surface area contributed by atoms with Gasteiger partial charge in [-0.25, -0.2) is 4.79 Å². The standard InChI is InChI=1S/C16H28O2/c1-3-5-7-8-9-10-11-12-13-14-16(17)18-15-6-4-2/h11-14H,3-10,15H2,1-2H3/b12-11+,14-13+. The van der Waals surface area contributed by atoms with Gasteiger partial charge in [-0.1, -0.05) is 64.2 Å². The normalized spacial score (nSPS) is 11.4. The molecule has 0 aromatic carbocycles. The summed E-state index contributed by atoms with van der Waals surface area (Å²) in [5.74, 6) is -0.240. The molecule has 0 bridgehead atoms. The smallest absolute Gasteiger partial charge is 0.330 e. The van der Waals surface area contributed by atoms with Gasteiger partial charge in [0.25, 0.3) is 0 Å². The third-order valence-corrected chi connectivity index (χ3v) is 2.70. The van der Waals surface area contributed by atoms with Gasteiger partial charge in [0.15, 0.2) is 0 Å². The van der Waals surface area contributed by atoms with Crippen molar-refractivity contribution in [3.05, 3.63) is 24.3 Å². The monoisotopic (exact) mass is 252 g/mol. The van der Waals surface area contributed by atoms with Gasteiger partial charge in [0.1, 0.15) is 0 Å². The molecule has 0 amide bonds. The highest BCUT2D eigenvalue weighted by Gasteiger charge is 1.93. The lowest BCUT2D eigenvalue weighted by molar-refractivity contribution is -0.137. The van der Waals surface area contributed by atoms with Crippen LogP contribution in [-0.4, -0.2) is 12.6 Å². The molecule has 0 rings (SSSR count). The largest absolute Gasteiger partial charge is 0.463 e. The molecular weight excluding hydrogens is 224 g/mol. The van der Waals surface area contributed by atoms with Crippen LogP contribution in [0.3, 0.4) is 0 Å². The molecule has 0 aromatic heterocycles. The maximum absolute atomic E-state index is 11.2. The Morgan fingerprint density at radius 3 is 2.39 bits per heavy atom. The predicted molar refractivity (Wildman–Crippen MR) is 77.5 cm³/mol. The van der Waals surface area contributed by atoms with E-state index < -0.39 is 0 Å². The van der Waals surface area contributed by atoms with Gasteiger partial charge >= 0.3 is 5.97 Å². The minimum Gasteiger partial charge on any atom is -0.463 e. The van der Waals surface area contributed by atoms with E-state index in [4.69, 9.17) is 4.74 Å². The van der Waals surface area contributed by atoms with Crippen molar-refractivity contribution < 1.29 is 9.53 Å². The molecular formula is C16H28O2. The van der Waals surface area contributed by atoms with E-state index >= 15 is 0 Å². The van der Waals surface area contributed by atoms with Crippen molar-refractivity contribution in [1.29, 1.82) is 0 Å². The Balaban J connectivity index is 3.41. The van der Waals surface area contributed by atoms with E-state index in [0.29, 0.717) is 6.61 Å². The molecule has 0 fully saturated rings. The van der Waals surface area contributed by atoms with Crippen LogP contribution in [0.1, 0.15) is 65.2 Å². The highest BCUT2D eigenvalue weighted by molar-refractivity contribution is 5.82. The second-order valence-corrected chi connectivity index (χ2v) is 4.51. The van der Waals surface area contributed by atoms with Gasteiger partial charge in [0.2, 0.25) is 0 Å². The predicted octanol–water partition coefficient (Wildman–Crippen LogP) is 4.80. The molecule has 0 aromatic rings. The quantitative estimate of drug-likeness (QED) is 0.228. The first-order chi connectivity index (χ1) is 8.81. The number of unbranched alkanes of at least 4 members (excludes halogenated alkanes) is 6. The molecule has 0 saturated carbocycles. The zero-order valence-electron chi connectivity index (χ0n) is 12.0. The molecule has 0 unspecified atom stereocenters. The zero-order chi connectivity index (χ0) is 13.5. The Kier molecular flexibility index (Phi) is 13.2. The van der Waals surface area contributed by atoms with Gasteiger partial charge in [0, 0.05) is 6.08 Å².